The number of phosphoric ester groups is 1. The Balaban J connectivity index is 4.01. The molecule has 3 unspecified atom stereocenters. The van der Waals surface area contributed by atoms with Gasteiger partial charge in [0.1, 0.15) is 13.2 Å². The molecule has 0 aliphatic carbocycles. The summed E-state index contributed by atoms with van der Waals surface area (Å²) < 4.78 is 23.3. The number of aliphatic hydroxyl groups excluding tert-OH is 1. The van der Waals surface area contributed by atoms with Crippen LogP contribution in [-0.4, -0.2) is 68.5 Å². The Kier molecular flexibility index (Phi) is 51.3. The van der Waals surface area contributed by atoms with Crippen LogP contribution in [0.4, 0.5) is 0 Å². The van der Waals surface area contributed by atoms with Crippen molar-refractivity contribution in [3.8, 4) is 0 Å². The van der Waals surface area contributed by atoms with Crippen LogP contribution < -0.4 is 10.2 Å². The third-order valence-corrected chi connectivity index (χ3v) is 13.7. The molecular weight excluding hydrogens is 912 g/mol. The number of carbonyl (C=O) groups excluding carboxylic acids is 1. The topological polar surface area (TPSA) is 108 Å². The molecule has 0 aromatic rings. The summed E-state index contributed by atoms with van der Waals surface area (Å²) in [4.78, 5) is 25.4. The lowest BCUT2D eigenvalue weighted by atomic mass is 10.0. The van der Waals surface area contributed by atoms with Gasteiger partial charge in [-0.3, -0.25) is 9.36 Å². The van der Waals surface area contributed by atoms with E-state index < -0.39 is 26.6 Å². The molecule has 0 saturated heterocycles. The number of likely N-dealkylation sites (N-methyl/N-ethyl adjacent to an activating group) is 1. The highest BCUT2D eigenvalue weighted by atomic mass is 31.2. The van der Waals surface area contributed by atoms with Crippen molar-refractivity contribution in [1.29, 1.82) is 0 Å². The van der Waals surface area contributed by atoms with E-state index >= 15 is 0 Å². The smallest absolute Gasteiger partial charge is 0.268 e. The van der Waals surface area contributed by atoms with E-state index in [1.165, 1.54) is 148 Å². The average molecular weight is 1030 g/mol. The Hall–Kier alpha value is -2.58. The zero-order chi connectivity index (χ0) is 52.7. The summed E-state index contributed by atoms with van der Waals surface area (Å²) >= 11 is 0. The van der Waals surface area contributed by atoms with Gasteiger partial charge in [-0.15, -0.1) is 0 Å². The number of allylic oxidation sites excluding steroid dienone is 15. The summed E-state index contributed by atoms with van der Waals surface area (Å²) in [7, 11) is 1.24. The maximum Gasteiger partial charge on any atom is 0.268 e. The number of nitrogens with zero attached hydrogens (tertiary/aromatic N) is 1. The van der Waals surface area contributed by atoms with Gasteiger partial charge in [0.15, 0.2) is 0 Å². The monoisotopic (exact) mass is 1020 g/mol. The van der Waals surface area contributed by atoms with Crippen molar-refractivity contribution in [2.24, 2.45) is 0 Å². The lowest BCUT2D eigenvalue weighted by Gasteiger charge is -2.29. The first-order valence-electron chi connectivity index (χ1n) is 29.6. The number of nitrogens with one attached hydrogen (secondary N) is 1. The third kappa shape index (κ3) is 55.2. The normalized spacial score (nSPS) is 14.6. The average Bonchev–Trinajstić information content (AvgIpc) is 3.34. The Labute approximate surface area is 445 Å². The zero-order valence-electron chi connectivity index (χ0n) is 47.4. The number of amides is 1. The number of phosphoric acid groups is 1. The summed E-state index contributed by atoms with van der Waals surface area (Å²) in [5.74, 6) is -0.209. The Morgan fingerprint density at radius 2 is 0.861 bits per heavy atom. The molecule has 0 bridgehead atoms. The molecule has 0 aliphatic heterocycles. The summed E-state index contributed by atoms with van der Waals surface area (Å²) in [5, 5.41) is 13.8. The molecule has 0 aromatic carbocycles. The molecule has 3 atom stereocenters. The fraction of sp³-hybridized carbons (Fsp3) is 0.730. The summed E-state index contributed by atoms with van der Waals surface area (Å²) in [6.45, 7) is 4.50. The molecule has 0 aromatic heterocycles. The minimum absolute atomic E-state index is 0.00861. The van der Waals surface area contributed by atoms with E-state index in [1.54, 1.807) is 6.08 Å². The second kappa shape index (κ2) is 53.3. The van der Waals surface area contributed by atoms with Gasteiger partial charge in [-0.2, -0.15) is 0 Å². The van der Waals surface area contributed by atoms with E-state index in [9.17, 15) is 19.4 Å². The molecule has 72 heavy (non-hydrogen) atoms. The molecule has 0 fully saturated rings. The van der Waals surface area contributed by atoms with Crippen LogP contribution in [0.25, 0.3) is 0 Å². The Morgan fingerprint density at radius 3 is 1.29 bits per heavy atom. The Bertz CT molecular complexity index is 1490. The van der Waals surface area contributed by atoms with Gasteiger partial charge < -0.3 is 28.8 Å². The summed E-state index contributed by atoms with van der Waals surface area (Å²) in [6, 6.07) is -0.906. The van der Waals surface area contributed by atoms with Crippen LogP contribution in [0.15, 0.2) is 97.2 Å². The number of carbonyl (C=O) groups is 1. The van der Waals surface area contributed by atoms with E-state index in [1.807, 2.05) is 27.2 Å². The third-order valence-electron chi connectivity index (χ3n) is 12.8. The highest BCUT2D eigenvalue weighted by Gasteiger charge is 2.23. The first kappa shape index (κ1) is 69.4. The second-order valence-corrected chi connectivity index (χ2v) is 22.4. The highest BCUT2D eigenvalue weighted by Crippen LogP contribution is 2.38. The lowest BCUT2D eigenvalue weighted by molar-refractivity contribution is -0.870. The van der Waals surface area contributed by atoms with E-state index in [-0.39, 0.29) is 12.5 Å². The van der Waals surface area contributed by atoms with Gasteiger partial charge >= 0.3 is 0 Å². The Morgan fingerprint density at radius 1 is 0.500 bits per heavy atom. The van der Waals surface area contributed by atoms with E-state index in [0.717, 1.165) is 77.0 Å². The van der Waals surface area contributed by atoms with Crippen molar-refractivity contribution in [2.45, 2.75) is 257 Å². The molecule has 2 N–H and O–H groups in total. The van der Waals surface area contributed by atoms with Crippen LogP contribution in [0.1, 0.15) is 245 Å². The van der Waals surface area contributed by atoms with Crippen LogP contribution in [0.5, 0.6) is 0 Å². The molecule has 9 heteroatoms. The number of hydrogen-bond acceptors (Lipinski definition) is 6. The van der Waals surface area contributed by atoms with Crippen molar-refractivity contribution in [3.63, 3.8) is 0 Å². The van der Waals surface area contributed by atoms with Gasteiger partial charge in [0.05, 0.1) is 39.9 Å². The fourth-order valence-corrected chi connectivity index (χ4v) is 8.90. The largest absolute Gasteiger partial charge is 0.756 e. The standard InChI is InChI=1S/C63H113N2O6P/c1-6-8-10-12-14-16-18-20-21-22-23-24-25-26-27-28-29-30-31-32-33-34-35-36-37-38-39-40-41-42-43-45-47-49-51-53-55-57-63(67)64-61(60-71-72(68,69)70-59-58-65(3,4)5)62(66)56-54-52-50-48-46-44-19-17-15-13-11-9-7-2/h8,10,14,16,20-21,23-24,26-27,29-30,46,48,54,56,61-62,66H,6-7,9,11-13,15,17-19,22,25,28,31-45,47,49-53,55,57-60H2,1-5H3,(H-,64,67,68,69)/b10-8-,16-14-,21-20-,24-23-,27-26-,30-29-,48-46+,56-54+. The first-order chi connectivity index (χ1) is 35.0. The number of quaternary nitrogens is 1. The summed E-state index contributed by atoms with van der Waals surface area (Å²) in [5.41, 5.74) is 0. The second-order valence-electron chi connectivity index (χ2n) is 21.0. The van der Waals surface area contributed by atoms with Gasteiger partial charge in [-0.25, -0.2) is 0 Å². The van der Waals surface area contributed by atoms with Crippen LogP contribution >= 0.6 is 7.82 Å². The fourth-order valence-electron chi connectivity index (χ4n) is 8.17. The predicted octanol–water partition coefficient (Wildman–Crippen LogP) is 17.6. The number of aliphatic hydroxyl groups is 1. The van der Waals surface area contributed by atoms with Gasteiger partial charge in [0.2, 0.25) is 5.91 Å². The molecule has 416 valence electrons. The van der Waals surface area contributed by atoms with Crippen LogP contribution in [-0.2, 0) is 18.4 Å². The first-order valence-corrected chi connectivity index (χ1v) is 31.1. The minimum atomic E-state index is -4.60. The van der Waals surface area contributed by atoms with E-state index in [2.05, 4.69) is 104 Å². The minimum Gasteiger partial charge on any atom is -0.756 e. The van der Waals surface area contributed by atoms with E-state index in [0.29, 0.717) is 17.4 Å². The van der Waals surface area contributed by atoms with Crippen molar-refractivity contribution in [2.75, 3.05) is 40.9 Å². The van der Waals surface area contributed by atoms with Crippen molar-refractivity contribution < 1.29 is 32.9 Å². The maximum absolute atomic E-state index is 12.9. The predicted molar refractivity (Wildman–Crippen MR) is 311 cm³/mol. The molecule has 0 heterocycles. The van der Waals surface area contributed by atoms with Gasteiger partial charge in [-0.05, 0) is 83.5 Å². The molecule has 0 aliphatic rings. The molecule has 8 nitrogen and oxygen atoms in total. The number of rotatable bonds is 53. The SMILES string of the molecule is CC/C=C\C/C=C\C/C=C\C/C=C\C/C=C\C/C=C\CCCCCCCCCCCCCCCCCCCCC(=O)NC(COP(=O)([O-])OCC[N+](C)(C)C)C(O)/C=C/CC/C=C/CCCCCCCCC. The molecular formula is C63H113N2O6P. The molecule has 0 radical (unpaired) electrons. The lowest BCUT2D eigenvalue weighted by Crippen LogP contribution is -2.45. The maximum atomic E-state index is 12.9. The van der Waals surface area contributed by atoms with Crippen molar-refractivity contribution in [1.82, 2.24) is 5.32 Å². The molecule has 1 amide bonds. The van der Waals surface area contributed by atoms with Crippen LogP contribution in [0, 0.1) is 0 Å². The quantitative estimate of drug-likeness (QED) is 0.0272. The van der Waals surface area contributed by atoms with Crippen LogP contribution in [0.3, 0.4) is 0 Å². The zero-order valence-corrected chi connectivity index (χ0v) is 48.2. The molecule has 0 spiro atoms. The number of hydrogen-bond donors (Lipinski definition) is 2. The van der Waals surface area contributed by atoms with Crippen molar-refractivity contribution in [3.05, 3.63) is 97.2 Å². The van der Waals surface area contributed by atoms with Gasteiger partial charge in [0.25, 0.3) is 7.82 Å². The highest BCUT2D eigenvalue weighted by molar-refractivity contribution is 7.45. The van der Waals surface area contributed by atoms with Crippen LogP contribution in [0.2, 0.25) is 0 Å². The molecule has 0 rings (SSSR count). The van der Waals surface area contributed by atoms with Gasteiger partial charge in [0, 0.05) is 6.42 Å². The van der Waals surface area contributed by atoms with Gasteiger partial charge in [-0.1, -0.05) is 252 Å². The van der Waals surface area contributed by atoms with E-state index in [4.69, 9.17) is 9.05 Å². The van der Waals surface area contributed by atoms with Crippen molar-refractivity contribution >= 4 is 13.7 Å². The number of unbranched alkanes of at least 4 members (excludes halogenated alkanes) is 26. The summed E-state index contributed by atoms with van der Waals surface area (Å²) in [6.07, 6.45) is 76.5. The molecule has 0 saturated carbocycles.